The van der Waals surface area contributed by atoms with Gasteiger partial charge >= 0.3 is 0 Å². The third-order valence-corrected chi connectivity index (χ3v) is 5.18. The number of halogens is 2. The Bertz CT molecular complexity index is 534. The van der Waals surface area contributed by atoms with E-state index in [1.807, 2.05) is 17.2 Å². The van der Waals surface area contributed by atoms with Crippen molar-refractivity contribution in [1.29, 1.82) is 0 Å². The van der Waals surface area contributed by atoms with Crippen LogP contribution in [0.3, 0.4) is 0 Å². The van der Waals surface area contributed by atoms with Gasteiger partial charge in [-0.2, -0.15) is 0 Å². The minimum absolute atomic E-state index is 0. The molecule has 0 bridgehead atoms. The first-order chi connectivity index (χ1) is 10.6. The average molecular weight is 406 g/mol. The van der Waals surface area contributed by atoms with Gasteiger partial charge < -0.3 is 14.8 Å². The van der Waals surface area contributed by atoms with E-state index in [1.165, 1.54) is 6.42 Å². The number of piperazine rings is 1. The molecule has 1 atom stereocenters. The Balaban J connectivity index is 0.00000192. The van der Waals surface area contributed by atoms with Gasteiger partial charge in [-0.15, -0.1) is 12.4 Å². The Morgan fingerprint density at radius 3 is 2.57 bits per heavy atom. The summed E-state index contributed by atoms with van der Waals surface area (Å²) in [4.78, 5) is 17.3. The van der Waals surface area contributed by atoms with Crippen molar-refractivity contribution in [2.75, 3.05) is 39.3 Å². The Morgan fingerprint density at radius 2 is 2.00 bits per heavy atom. The highest BCUT2D eigenvalue weighted by Gasteiger charge is 2.29. The minimum Gasteiger partial charge on any atom is -0.340 e. The highest BCUT2D eigenvalue weighted by molar-refractivity contribution is 9.10. The summed E-state index contributed by atoms with van der Waals surface area (Å²) in [7, 11) is 0. The summed E-state index contributed by atoms with van der Waals surface area (Å²) in [5, 5.41) is 3.42. The second kappa shape index (κ2) is 8.01. The molecule has 2 aliphatic heterocycles. The molecule has 2 saturated heterocycles. The number of hydrogen-bond donors (Lipinski definition) is 1. The number of carbonyl (C=O) groups excluding carboxylic acids is 1. The molecule has 0 saturated carbocycles. The summed E-state index contributed by atoms with van der Waals surface area (Å²) in [5.74, 6) is 0.156. The van der Waals surface area contributed by atoms with Crippen LogP contribution in [0.15, 0.2) is 16.7 Å². The molecular weight excluding hydrogens is 380 g/mol. The van der Waals surface area contributed by atoms with Crippen molar-refractivity contribution in [2.45, 2.75) is 32.4 Å². The van der Waals surface area contributed by atoms with Gasteiger partial charge in [-0.05, 0) is 48.8 Å². The molecule has 7 heteroatoms. The number of carbonyl (C=O) groups is 1. The van der Waals surface area contributed by atoms with Crippen LogP contribution in [-0.4, -0.2) is 65.6 Å². The maximum Gasteiger partial charge on any atom is 0.270 e. The molecule has 3 heterocycles. The van der Waals surface area contributed by atoms with Crippen molar-refractivity contribution in [3.63, 3.8) is 0 Å². The van der Waals surface area contributed by atoms with Crippen LogP contribution in [0.1, 0.15) is 36.8 Å². The molecule has 0 aromatic carbocycles. The molecule has 0 spiro atoms. The number of nitrogens with zero attached hydrogens (tertiary/aromatic N) is 3. The lowest BCUT2D eigenvalue weighted by Gasteiger charge is -2.38. The molecular formula is C16H26BrClN4O. The SMILES string of the molecule is CC(C)n1cc(Br)cc1C(=O)N1CCN(C2CCNC2)CC1.Cl. The van der Waals surface area contributed by atoms with Crippen LogP contribution in [-0.2, 0) is 0 Å². The van der Waals surface area contributed by atoms with Gasteiger partial charge in [0.25, 0.3) is 5.91 Å². The van der Waals surface area contributed by atoms with Crippen LogP contribution in [0.2, 0.25) is 0 Å². The monoisotopic (exact) mass is 404 g/mol. The molecule has 23 heavy (non-hydrogen) atoms. The van der Waals surface area contributed by atoms with Crippen molar-refractivity contribution >= 4 is 34.2 Å². The van der Waals surface area contributed by atoms with E-state index in [-0.39, 0.29) is 24.4 Å². The molecule has 0 aliphatic carbocycles. The molecule has 5 nitrogen and oxygen atoms in total. The number of nitrogens with one attached hydrogen (secondary N) is 1. The normalized spacial score (nSPS) is 22.4. The highest BCUT2D eigenvalue weighted by atomic mass is 79.9. The molecule has 1 aromatic rings. The predicted octanol–water partition coefficient (Wildman–Crippen LogP) is 2.37. The third-order valence-electron chi connectivity index (χ3n) is 4.74. The van der Waals surface area contributed by atoms with Crippen LogP contribution in [0, 0.1) is 0 Å². The van der Waals surface area contributed by atoms with Crippen LogP contribution >= 0.6 is 28.3 Å². The Labute approximate surface area is 152 Å². The van der Waals surface area contributed by atoms with Gasteiger partial charge in [-0.3, -0.25) is 9.69 Å². The van der Waals surface area contributed by atoms with E-state index >= 15 is 0 Å². The molecule has 2 aliphatic rings. The Kier molecular flexibility index (Phi) is 6.54. The molecule has 0 radical (unpaired) electrons. The molecule has 2 fully saturated rings. The van der Waals surface area contributed by atoms with Crippen molar-refractivity contribution in [3.05, 3.63) is 22.4 Å². The quantitative estimate of drug-likeness (QED) is 0.839. The first kappa shape index (κ1) is 18.8. The van der Waals surface area contributed by atoms with Crippen LogP contribution in [0.25, 0.3) is 0 Å². The maximum absolute atomic E-state index is 12.8. The summed E-state index contributed by atoms with van der Waals surface area (Å²) < 4.78 is 3.03. The number of amides is 1. The fraction of sp³-hybridized carbons (Fsp3) is 0.688. The van der Waals surface area contributed by atoms with E-state index in [0.29, 0.717) is 6.04 Å². The van der Waals surface area contributed by atoms with Gasteiger partial charge in [0.2, 0.25) is 0 Å². The molecule has 3 rings (SSSR count). The molecule has 1 unspecified atom stereocenters. The zero-order valence-corrected chi connectivity index (χ0v) is 16.2. The van der Waals surface area contributed by atoms with Crippen LogP contribution in [0.4, 0.5) is 0 Å². The smallest absolute Gasteiger partial charge is 0.270 e. The lowest BCUT2D eigenvalue weighted by molar-refractivity contribution is 0.0572. The Hall–Kier alpha value is -0.560. The standard InChI is InChI=1S/C16H25BrN4O.ClH/c1-12(2)21-11-13(17)9-15(21)16(22)20-7-5-19(6-8-20)14-3-4-18-10-14;/h9,11-12,14,18H,3-8,10H2,1-2H3;1H. The minimum atomic E-state index is 0. The first-order valence-corrected chi connectivity index (χ1v) is 8.97. The zero-order chi connectivity index (χ0) is 15.7. The van der Waals surface area contributed by atoms with Gasteiger partial charge in [0, 0.05) is 55.5 Å². The largest absolute Gasteiger partial charge is 0.340 e. The molecule has 1 N–H and O–H groups in total. The van der Waals surface area contributed by atoms with Crippen molar-refractivity contribution in [2.24, 2.45) is 0 Å². The highest BCUT2D eigenvalue weighted by Crippen LogP contribution is 2.22. The maximum atomic E-state index is 12.8. The zero-order valence-electron chi connectivity index (χ0n) is 13.8. The number of hydrogen-bond acceptors (Lipinski definition) is 3. The average Bonchev–Trinajstić information content (AvgIpc) is 3.16. The van der Waals surface area contributed by atoms with Gasteiger partial charge in [-0.1, -0.05) is 0 Å². The fourth-order valence-corrected chi connectivity index (χ4v) is 3.88. The molecule has 1 amide bonds. The van der Waals surface area contributed by atoms with Gasteiger partial charge in [-0.25, -0.2) is 0 Å². The Morgan fingerprint density at radius 1 is 1.30 bits per heavy atom. The van der Waals surface area contributed by atoms with Crippen molar-refractivity contribution in [3.8, 4) is 0 Å². The lowest BCUT2D eigenvalue weighted by Crippen LogP contribution is -2.52. The number of aromatic nitrogens is 1. The second-order valence-corrected chi connectivity index (χ2v) is 7.44. The van der Waals surface area contributed by atoms with E-state index in [4.69, 9.17) is 0 Å². The number of rotatable bonds is 3. The van der Waals surface area contributed by atoms with Crippen molar-refractivity contribution < 1.29 is 4.79 Å². The fourth-order valence-electron chi connectivity index (χ4n) is 3.45. The van der Waals surface area contributed by atoms with Crippen molar-refractivity contribution in [1.82, 2.24) is 19.7 Å². The van der Waals surface area contributed by atoms with Gasteiger partial charge in [0.05, 0.1) is 0 Å². The van der Waals surface area contributed by atoms with Gasteiger partial charge in [0.15, 0.2) is 0 Å². The van der Waals surface area contributed by atoms with E-state index in [1.54, 1.807) is 0 Å². The second-order valence-electron chi connectivity index (χ2n) is 6.52. The first-order valence-electron chi connectivity index (χ1n) is 8.17. The van der Waals surface area contributed by atoms with E-state index in [0.717, 1.165) is 49.4 Å². The summed E-state index contributed by atoms with van der Waals surface area (Å²) in [6, 6.07) is 2.89. The lowest BCUT2D eigenvalue weighted by atomic mass is 10.2. The van der Waals surface area contributed by atoms with E-state index in [9.17, 15) is 4.79 Å². The third kappa shape index (κ3) is 4.10. The van der Waals surface area contributed by atoms with Gasteiger partial charge in [0.1, 0.15) is 5.69 Å². The molecule has 130 valence electrons. The summed E-state index contributed by atoms with van der Waals surface area (Å²) in [6.45, 7) is 10.1. The van der Waals surface area contributed by atoms with Crippen LogP contribution in [0.5, 0.6) is 0 Å². The van der Waals surface area contributed by atoms with Crippen LogP contribution < -0.4 is 5.32 Å². The van der Waals surface area contributed by atoms with E-state index < -0.39 is 0 Å². The topological polar surface area (TPSA) is 40.5 Å². The summed E-state index contributed by atoms with van der Waals surface area (Å²) >= 11 is 3.49. The van der Waals surface area contributed by atoms with E-state index in [2.05, 4.69) is 44.6 Å². The molecule has 1 aromatic heterocycles. The predicted molar refractivity (Wildman–Crippen MR) is 98.5 cm³/mol. The summed E-state index contributed by atoms with van der Waals surface area (Å²) in [6.07, 6.45) is 3.23. The summed E-state index contributed by atoms with van der Waals surface area (Å²) in [5.41, 5.74) is 0.790.